The van der Waals surface area contributed by atoms with Gasteiger partial charge in [0.05, 0.1) is 11.2 Å². The van der Waals surface area contributed by atoms with Crippen LogP contribution in [0.5, 0.6) is 0 Å². The highest BCUT2D eigenvalue weighted by Gasteiger charge is 2.16. The van der Waals surface area contributed by atoms with E-state index in [0.29, 0.717) is 17.2 Å². The molecular weight excluding hydrogens is 270 g/mol. The quantitative estimate of drug-likeness (QED) is 0.894. The average Bonchev–Trinajstić information content (AvgIpc) is 2.77. The van der Waals surface area contributed by atoms with Crippen LogP contribution in [0.25, 0.3) is 0 Å². The molecule has 96 valence electrons. The van der Waals surface area contributed by atoms with E-state index in [-0.39, 0.29) is 4.21 Å². The van der Waals surface area contributed by atoms with Crippen LogP contribution in [-0.4, -0.2) is 13.4 Å². The first-order valence-corrected chi connectivity index (χ1v) is 7.55. The lowest BCUT2D eigenvalue weighted by atomic mass is 10.2. The van der Waals surface area contributed by atoms with Gasteiger partial charge in [0, 0.05) is 12.2 Å². The molecule has 3 N–H and O–H groups in total. The van der Waals surface area contributed by atoms with Crippen molar-refractivity contribution in [3.8, 4) is 0 Å². The van der Waals surface area contributed by atoms with Crippen molar-refractivity contribution in [1.29, 1.82) is 0 Å². The Morgan fingerprint density at radius 3 is 2.50 bits per heavy atom. The monoisotopic (exact) mass is 283 g/mol. The second-order valence-corrected chi connectivity index (χ2v) is 6.85. The molecule has 0 aliphatic rings. The second-order valence-electron chi connectivity index (χ2n) is 3.70. The maximum absolute atomic E-state index is 12.0. The van der Waals surface area contributed by atoms with Crippen LogP contribution in [0, 0.1) is 6.92 Å². The highest BCUT2D eigenvalue weighted by Crippen LogP contribution is 2.21. The lowest BCUT2D eigenvalue weighted by molar-refractivity contribution is 0.603. The van der Waals surface area contributed by atoms with Crippen molar-refractivity contribution in [2.45, 2.75) is 17.7 Å². The van der Waals surface area contributed by atoms with Gasteiger partial charge in [0.1, 0.15) is 0 Å². The highest BCUT2D eigenvalue weighted by atomic mass is 32.2. The molecule has 0 radical (unpaired) electrons. The molecule has 0 spiro atoms. The number of aryl methyl sites for hydroxylation is 1. The van der Waals surface area contributed by atoms with Gasteiger partial charge in [0.2, 0.25) is 0 Å². The molecule has 0 amide bonds. The van der Waals surface area contributed by atoms with Crippen molar-refractivity contribution in [3.05, 3.63) is 41.0 Å². The van der Waals surface area contributed by atoms with E-state index >= 15 is 0 Å². The Kier molecular flexibility index (Phi) is 3.65. The van der Waals surface area contributed by atoms with Gasteiger partial charge in [-0.2, -0.15) is 0 Å². The van der Waals surface area contributed by atoms with Crippen molar-refractivity contribution in [2.75, 3.05) is 4.72 Å². The molecule has 1 heterocycles. The Morgan fingerprint density at radius 2 is 2.00 bits per heavy atom. The molecule has 1 aromatic heterocycles. The van der Waals surface area contributed by atoms with E-state index in [0.717, 1.165) is 16.9 Å². The number of sulfonamides is 1. The number of benzene rings is 1. The minimum absolute atomic E-state index is 0.211. The van der Waals surface area contributed by atoms with E-state index in [1.807, 2.05) is 0 Å². The van der Waals surface area contributed by atoms with Gasteiger partial charge in [-0.1, -0.05) is 12.1 Å². The zero-order valence-electron chi connectivity index (χ0n) is 9.75. The summed E-state index contributed by atoms with van der Waals surface area (Å²) in [5.41, 5.74) is 6.94. The first kappa shape index (κ1) is 13.0. The van der Waals surface area contributed by atoms with Crippen LogP contribution < -0.4 is 10.5 Å². The summed E-state index contributed by atoms with van der Waals surface area (Å²) in [7, 11) is -3.54. The summed E-state index contributed by atoms with van der Waals surface area (Å²) in [6.07, 6.45) is 1.36. The number of anilines is 1. The van der Waals surface area contributed by atoms with Crippen LogP contribution >= 0.6 is 11.3 Å². The standard InChI is InChI=1S/C11H13N3O2S2/c1-8-13-7-11(17-8)18(15,16)14-10-4-2-9(6-12)3-5-10/h2-5,7,14H,6,12H2,1H3. The van der Waals surface area contributed by atoms with Gasteiger partial charge >= 0.3 is 0 Å². The smallest absolute Gasteiger partial charge is 0.273 e. The van der Waals surface area contributed by atoms with Crippen molar-refractivity contribution >= 4 is 27.0 Å². The molecule has 5 nitrogen and oxygen atoms in total. The number of thiazole rings is 1. The lowest BCUT2D eigenvalue weighted by Gasteiger charge is -2.06. The van der Waals surface area contributed by atoms with Crippen molar-refractivity contribution in [2.24, 2.45) is 5.73 Å². The number of aromatic nitrogens is 1. The molecule has 1 aromatic carbocycles. The Hall–Kier alpha value is -1.44. The third kappa shape index (κ3) is 2.87. The maximum atomic E-state index is 12.0. The molecule has 0 unspecified atom stereocenters. The van der Waals surface area contributed by atoms with E-state index < -0.39 is 10.0 Å². The van der Waals surface area contributed by atoms with Gasteiger partial charge in [-0.25, -0.2) is 13.4 Å². The Labute approximate surface area is 110 Å². The number of hydrogen-bond donors (Lipinski definition) is 2. The van der Waals surface area contributed by atoms with Gasteiger partial charge in [-0.3, -0.25) is 4.72 Å². The van der Waals surface area contributed by atoms with E-state index in [4.69, 9.17) is 5.73 Å². The largest absolute Gasteiger partial charge is 0.326 e. The fourth-order valence-corrected chi connectivity index (χ4v) is 3.55. The first-order chi connectivity index (χ1) is 8.51. The molecule has 0 saturated heterocycles. The molecule has 2 rings (SSSR count). The summed E-state index contributed by atoms with van der Waals surface area (Å²) < 4.78 is 26.7. The van der Waals surface area contributed by atoms with Gasteiger partial charge in [-0.15, -0.1) is 11.3 Å². The average molecular weight is 283 g/mol. The van der Waals surface area contributed by atoms with Crippen molar-refractivity contribution in [1.82, 2.24) is 4.98 Å². The summed E-state index contributed by atoms with van der Waals surface area (Å²) in [4.78, 5) is 3.93. The zero-order chi connectivity index (χ0) is 13.2. The molecular formula is C11H13N3O2S2. The van der Waals surface area contributed by atoms with Gasteiger partial charge in [0.15, 0.2) is 4.21 Å². The summed E-state index contributed by atoms with van der Waals surface area (Å²) in [6, 6.07) is 6.95. The summed E-state index contributed by atoms with van der Waals surface area (Å²) in [6.45, 7) is 2.20. The van der Waals surface area contributed by atoms with Crippen molar-refractivity contribution in [3.63, 3.8) is 0 Å². The fourth-order valence-electron chi connectivity index (χ4n) is 1.38. The normalized spacial score (nSPS) is 11.4. The number of nitrogens with zero attached hydrogens (tertiary/aromatic N) is 1. The Morgan fingerprint density at radius 1 is 1.33 bits per heavy atom. The molecule has 18 heavy (non-hydrogen) atoms. The predicted octanol–water partition coefficient (Wildman–Crippen LogP) is 1.71. The van der Waals surface area contributed by atoms with Gasteiger partial charge in [0.25, 0.3) is 10.0 Å². The third-order valence-corrected chi connectivity index (χ3v) is 5.06. The third-order valence-electron chi connectivity index (χ3n) is 2.31. The molecule has 0 aliphatic carbocycles. The van der Waals surface area contributed by atoms with E-state index in [1.54, 1.807) is 31.2 Å². The molecule has 0 saturated carbocycles. The van der Waals surface area contributed by atoms with Gasteiger partial charge < -0.3 is 5.73 Å². The number of rotatable bonds is 4. The fraction of sp³-hybridized carbons (Fsp3) is 0.182. The SMILES string of the molecule is Cc1ncc(S(=O)(=O)Nc2ccc(CN)cc2)s1. The molecule has 0 aliphatic heterocycles. The number of nitrogens with one attached hydrogen (secondary N) is 1. The summed E-state index contributed by atoms with van der Waals surface area (Å²) >= 11 is 1.14. The first-order valence-electron chi connectivity index (χ1n) is 5.25. The Balaban J connectivity index is 2.22. The van der Waals surface area contributed by atoms with Crippen LogP contribution in [0.1, 0.15) is 10.6 Å². The molecule has 0 atom stereocenters. The Bertz CT molecular complexity index is 633. The lowest BCUT2D eigenvalue weighted by Crippen LogP contribution is -2.11. The van der Waals surface area contributed by atoms with E-state index in [1.165, 1.54) is 6.20 Å². The molecule has 7 heteroatoms. The van der Waals surface area contributed by atoms with Crippen LogP contribution in [0.15, 0.2) is 34.7 Å². The molecule has 2 aromatic rings. The van der Waals surface area contributed by atoms with Crippen molar-refractivity contribution < 1.29 is 8.42 Å². The predicted molar refractivity (Wildman–Crippen MR) is 72.0 cm³/mol. The van der Waals surface area contributed by atoms with Crippen LogP contribution in [-0.2, 0) is 16.6 Å². The topological polar surface area (TPSA) is 85.1 Å². The molecule has 0 fully saturated rings. The molecule has 0 bridgehead atoms. The summed E-state index contributed by atoms with van der Waals surface area (Å²) in [5, 5.41) is 0.717. The van der Waals surface area contributed by atoms with Crippen LogP contribution in [0.4, 0.5) is 5.69 Å². The van der Waals surface area contributed by atoms with Crippen LogP contribution in [0.2, 0.25) is 0 Å². The van der Waals surface area contributed by atoms with E-state index in [9.17, 15) is 8.42 Å². The maximum Gasteiger partial charge on any atom is 0.273 e. The summed E-state index contributed by atoms with van der Waals surface area (Å²) in [5.74, 6) is 0. The minimum atomic E-state index is -3.54. The van der Waals surface area contributed by atoms with Crippen LogP contribution in [0.3, 0.4) is 0 Å². The minimum Gasteiger partial charge on any atom is -0.326 e. The van der Waals surface area contributed by atoms with E-state index in [2.05, 4.69) is 9.71 Å². The second kappa shape index (κ2) is 5.05. The highest BCUT2D eigenvalue weighted by molar-refractivity contribution is 7.94. The number of hydrogen-bond acceptors (Lipinski definition) is 5. The zero-order valence-corrected chi connectivity index (χ0v) is 11.4. The van der Waals surface area contributed by atoms with Gasteiger partial charge in [-0.05, 0) is 24.6 Å². The number of nitrogens with two attached hydrogens (primary N) is 1.